The molecular formula is C53H66N6O10. The highest BCUT2D eigenvalue weighted by molar-refractivity contribution is 6.02. The Balaban J connectivity index is 0.000000178. The average Bonchev–Trinajstić information content (AvgIpc) is 3.99. The maximum atomic E-state index is 13.2. The van der Waals surface area contributed by atoms with Crippen LogP contribution in [-0.2, 0) is 52.4 Å². The highest BCUT2D eigenvalue weighted by atomic mass is 16.7. The molecule has 4 heterocycles. The van der Waals surface area contributed by atoms with E-state index < -0.39 is 22.8 Å². The Labute approximate surface area is 404 Å². The monoisotopic (exact) mass is 946 g/mol. The number of benzene rings is 4. The van der Waals surface area contributed by atoms with Crippen molar-refractivity contribution in [3.05, 3.63) is 95.1 Å². The zero-order valence-corrected chi connectivity index (χ0v) is 39.8. The number of esters is 2. The van der Waals surface area contributed by atoms with Crippen LogP contribution in [0.4, 0.5) is 22.7 Å². The molecule has 2 saturated carbocycles. The standard InChI is InChI=1S/C25H29N3O4.C23H27N3O3.C4H6O3.CH4/c1-15(29)26-13-24(2,3)22-11-16-10-18(5-6-19(16)28-22)27-23(30)25(8-9-25)17-4-7-20-21(12-17)32-14-31-20;1-22(2,12-24)20-10-14-9-16(4-5-17(14)26-20)25-21(27)23(7-8-23)15-3-6-18-19(11-15)29-13-28-18;1-3(5)7-4(2)6;/h4-7,10,12,22,28H,8-9,11,13-14H2,1-3H3,(H,26,29)(H,27,30);3-6,9,11,20,26H,7-8,10,12-13,24H2,1-2H3,(H,25,27);1-2H3;1H4. The van der Waals surface area contributed by atoms with E-state index in [1.165, 1.54) is 31.9 Å². The number of fused-ring (bicyclic) bond motifs is 4. The van der Waals surface area contributed by atoms with Crippen LogP contribution in [0.3, 0.4) is 0 Å². The largest absolute Gasteiger partial charge is 0.454 e. The van der Waals surface area contributed by atoms with Crippen molar-refractivity contribution in [1.82, 2.24) is 5.32 Å². The number of rotatable bonds is 11. The lowest BCUT2D eigenvalue weighted by Crippen LogP contribution is -2.43. The van der Waals surface area contributed by atoms with Crippen LogP contribution in [0.5, 0.6) is 23.0 Å². The summed E-state index contributed by atoms with van der Waals surface area (Å²) in [6.07, 6.45) is 5.10. The summed E-state index contributed by atoms with van der Waals surface area (Å²) in [5.74, 6) is 1.82. The van der Waals surface area contributed by atoms with Crippen LogP contribution in [0, 0.1) is 10.8 Å². The van der Waals surface area contributed by atoms with E-state index in [1.54, 1.807) is 0 Å². The first-order valence-corrected chi connectivity index (χ1v) is 23.2. The fourth-order valence-electron chi connectivity index (χ4n) is 9.08. The van der Waals surface area contributed by atoms with Crippen molar-refractivity contribution in [2.45, 2.75) is 117 Å². The molecule has 2 fully saturated rings. The van der Waals surface area contributed by atoms with E-state index in [4.69, 9.17) is 24.7 Å². The van der Waals surface area contributed by atoms with Crippen LogP contribution in [0.15, 0.2) is 72.8 Å². The van der Waals surface area contributed by atoms with Gasteiger partial charge in [-0.1, -0.05) is 47.3 Å². The number of anilines is 4. The number of ether oxygens (including phenoxy) is 5. The van der Waals surface area contributed by atoms with Crippen LogP contribution in [0.2, 0.25) is 0 Å². The molecule has 4 aromatic rings. The fraction of sp³-hybridized carbons (Fsp3) is 0.453. The first-order chi connectivity index (χ1) is 32.3. The minimum Gasteiger partial charge on any atom is -0.454 e. The molecule has 6 aliphatic rings. The quantitative estimate of drug-likeness (QED) is 0.0628. The zero-order chi connectivity index (χ0) is 48.6. The molecule has 3 amide bonds. The van der Waals surface area contributed by atoms with E-state index in [1.807, 2.05) is 54.6 Å². The molecule has 0 spiro atoms. The Morgan fingerprint density at radius 2 is 1.04 bits per heavy atom. The number of carbonyl (C=O) groups excluding carboxylic acids is 5. The topological polar surface area (TPSA) is 218 Å². The van der Waals surface area contributed by atoms with Gasteiger partial charge in [-0.15, -0.1) is 0 Å². The van der Waals surface area contributed by atoms with Crippen molar-refractivity contribution in [1.29, 1.82) is 0 Å². The average molecular weight is 947 g/mol. The second-order valence-electron chi connectivity index (χ2n) is 19.9. The first kappa shape index (κ1) is 50.1. The van der Waals surface area contributed by atoms with Crippen molar-refractivity contribution >= 4 is 52.4 Å². The third-order valence-corrected chi connectivity index (χ3v) is 13.9. The Morgan fingerprint density at radius 1 is 0.623 bits per heavy atom. The van der Waals surface area contributed by atoms with E-state index >= 15 is 0 Å². The summed E-state index contributed by atoms with van der Waals surface area (Å²) in [4.78, 5) is 57.3. The predicted octanol–water partition coefficient (Wildman–Crippen LogP) is 7.72. The summed E-state index contributed by atoms with van der Waals surface area (Å²) >= 11 is 0. The van der Waals surface area contributed by atoms with Crippen molar-refractivity contribution in [2.75, 3.05) is 47.9 Å². The minimum atomic E-state index is -0.562. The Kier molecular flexibility index (Phi) is 14.3. The van der Waals surface area contributed by atoms with Crippen molar-refractivity contribution in [2.24, 2.45) is 16.6 Å². The Bertz CT molecular complexity index is 2620. The molecule has 0 bridgehead atoms. The number of hydrogen-bond donors (Lipinski definition) is 6. The van der Waals surface area contributed by atoms with Crippen LogP contribution in [0.25, 0.3) is 0 Å². The molecule has 2 unspecified atom stereocenters. The van der Waals surface area contributed by atoms with E-state index in [9.17, 15) is 24.0 Å². The molecule has 2 aliphatic carbocycles. The van der Waals surface area contributed by atoms with E-state index in [0.29, 0.717) is 24.9 Å². The Hall–Kier alpha value is -6.81. The number of nitrogens with one attached hydrogen (secondary N) is 5. The molecule has 368 valence electrons. The van der Waals surface area contributed by atoms with Gasteiger partial charge in [-0.3, -0.25) is 24.0 Å². The molecule has 0 radical (unpaired) electrons. The van der Waals surface area contributed by atoms with Crippen LogP contribution in [0.1, 0.15) is 104 Å². The lowest BCUT2D eigenvalue weighted by molar-refractivity contribution is -0.156. The van der Waals surface area contributed by atoms with Crippen molar-refractivity contribution < 1.29 is 47.7 Å². The number of nitrogens with two attached hydrogens (primary N) is 1. The molecule has 16 nitrogen and oxygen atoms in total. The van der Waals surface area contributed by atoms with Gasteiger partial charge in [-0.05, 0) is 133 Å². The first-order valence-electron chi connectivity index (χ1n) is 23.2. The summed E-state index contributed by atoms with van der Waals surface area (Å²) in [5.41, 5.74) is 13.1. The second-order valence-corrected chi connectivity index (χ2v) is 19.9. The molecule has 0 aromatic heterocycles. The van der Waals surface area contributed by atoms with Gasteiger partial charge in [0.05, 0.1) is 10.8 Å². The van der Waals surface area contributed by atoms with E-state index in [0.717, 1.165) is 89.6 Å². The summed E-state index contributed by atoms with van der Waals surface area (Å²) in [6, 6.07) is 24.3. The Morgan fingerprint density at radius 3 is 1.42 bits per heavy atom. The third kappa shape index (κ3) is 10.9. The maximum Gasteiger partial charge on any atom is 0.310 e. The van der Waals surface area contributed by atoms with Gasteiger partial charge in [0.25, 0.3) is 0 Å². The SMILES string of the molecule is C.CC(=O)NCC(C)(C)C1Cc2cc(NC(=O)C3(c4ccc5c(c4)OCO5)CC3)ccc2N1.CC(=O)OC(C)=O.CC(C)(CN)C1Cc2cc(NC(=O)C3(c4ccc5c(c4)OCO5)CC3)ccc2N1. The summed E-state index contributed by atoms with van der Waals surface area (Å²) in [6.45, 7) is 14.3. The summed E-state index contributed by atoms with van der Waals surface area (Å²) in [5, 5.41) is 16.4. The smallest absolute Gasteiger partial charge is 0.310 e. The summed E-state index contributed by atoms with van der Waals surface area (Å²) in [7, 11) is 0. The number of hydrogen-bond acceptors (Lipinski definition) is 13. The second kappa shape index (κ2) is 19.7. The lowest BCUT2D eigenvalue weighted by atomic mass is 9.82. The molecule has 10 rings (SSSR count). The number of amides is 3. The molecule has 2 atom stereocenters. The van der Waals surface area contributed by atoms with Gasteiger partial charge in [0.2, 0.25) is 31.3 Å². The molecule has 69 heavy (non-hydrogen) atoms. The summed E-state index contributed by atoms with van der Waals surface area (Å²) < 4.78 is 25.7. The normalized spacial score (nSPS) is 18.6. The van der Waals surface area contributed by atoms with Crippen molar-refractivity contribution in [3.63, 3.8) is 0 Å². The van der Waals surface area contributed by atoms with Crippen LogP contribution in [-0.4, -0.2) is 68.4 Å². The maximum absolute atomic E-state index is 13.2. The zero-order valence-electron chi connectivity index (χ0n) is 39.8. The molecular weight excluding hydrogens is 881 g/mol. The molecule has 4 aromatic carbocycles. The molecule has 4 aliphatic heterocycles. The van der Waals surface area contributed by atoms with E-state index in [2.05, 4.69) is 77.2 Å². The van der Waals surface area contributed by atoms with Crippen LogP contribution < -0.4 is 51.3 Å². The number of carbonyl (C=O) groups is 5. The minimum absolute atomic E-state index is 0. The fourth-order valence-corrected chi connectivity index (χ4v) is 9.08. The lowest BCUT2D eigenvalue weighted by Gasteiger charge is -2.32. The van der Waals surface area contributed by atoms with Gasteiger partial charge in [0.15, 0.2) is 23.0 Å². The third-order valence-electron chi connectivity index (χ3n) is 13.9. The van der Waals surface area contributed by atoms with Crippen LogP contribution >= 0.6 is 0 Å². The van der Waals surface area contributed by atoms with E-state index in [-0.39, 0.29) is 55.6 Å². The van der Waals surface area contributed by atoms with Gasteiger partial charge < -0.3 is 56.0 Å². The van der Waals surface area contributed by atoms with Crippen molar-refractivity contribution in [3.8, 4) is 23.0 Å². The van der Waals surface area contributed by atoms with Gasteiger partial charge in [-0.2, -0.15) is 0 Å². The van der Waals surface area contributed by atoms with Gasteiger partial charge in [0.1, 0.15) is 0 Å². The highest BCUT2D eigenvalue weighted by Gasteiger charge is 2.53. The molecule has 7 N–H and O–H groups in total. The molecule has 16 heteroatoms. The predicted molar refractivity (Wildman–Crippen MR) is 264 cm³/mol. The van der Waals surface area contributed by atoms with Gasteiger partial charge in [0, 0.05) is 67.6 Å². The van der Waals surface area contributed by atoms with Gasteiger partial charge >= 0.3 is 11.9 Å². The van der Waals surface area contributed by atoms with Gasteiger partial charge in [-0.25, -0.2) is 0 Å². The highest BCUT2D eigenvalue weighted by Crippen LogP contribution is 2.52. The molecule has 0 saturated heterocycles.